The van der Waals surface area contributed by atoms with Crippen LogP contribution in [0, 0.1) is 11.8 Å². The van der Waals surface area contributed by atoms with Gasteiger partial charge >= 0.3 is 0 Å². The van der Waals surface area contributed by atoms with Crippen molar-refractivity contribution < 1.29 is 0 Å². The van der Waals surface area contributed by atoms with E-state index in [4.69, 9.17) is 0 Å². The third-order valence-corrected chi connectivity index (χ3v) is 4.56. The van der Waals surface area contributed by atoms with E-state index in [0.717, 1.165) is 30.0 Å². The Morgan fingerprint density at radius 1 is 1.24 bits per heavy atom. The molecular formula is C18H25N3. The van der Waals surface area contributed by atoms with Crippen LogP contribution >= 0.6 is 0 Å². The van der Waals surface area contributed by atoms with Gasteiger partial charge in [-0.2, -0.15) is 0 Å². The first-order chi connectivity index (χ1) is 10.3. The summed E-state index contributed by atoms with van der Waals surface area (Å²) in [5.41, 5.74) is 1.16. The zero-order chi connectivity index (χ0) is 14.5. The van der Waals surface area contributed by atoms with Gasteiger partial charge in [0.2, 0.25) is 5.95 Å². The zero-order valence-electron chi connectivity index (χ0n) is 12.8. The van der Waals surface area contributed by atoms with Crippen molar-refractivity contribution in [1.29, 1.82) is 0 Å². The first kappa shape index (κ1) is 14.2. The van der Waals surface area contributed by atoms with Gasteiger partial charge in [-0.25, -0.2) is 4.98 Å². The van der Waals surface area contributed by atoms with E-state index in [1.807, 2.05) is 18.5 Å². The van der Waals surface area contributed by atoms with Crippen molar-refractivity contribution in [3.05, 3.63) is 42.7 Å². The lowest BCUT2D eigenvalue weighted by Gasteiger charge is -2.26. The Bertz CT molecular complexity index is 547. The molecule has 3 heteroatoms. The maximum absolute atomic E-state index is 4.44. The molecule has 1 aliphatic carbocycles. The number of anilines is 1. The molecule has 2 aromatic rings. The number of imidazole rings is 1. The SMILES string of the molecule is CC1CCCC(CCNc2nccn2-c2ccccc2)C1. The van der Waals surface area contributed by atoms with Crippen LogP contribution in [-0.2, 0) is 0 Å². The van der Waals surface area contributed by atoms with Gasteiger partial charge in [0.15, 0.2) is 0 Å². The second kappa shape index (κ2) is 6.79. The summed E-state index contributed by atoms with van der Waals surface area (Å²) in [6.07, 6.45) is 10.8. The predicted octanol–water partition coefficient (Wildman–Crippen LogP) is 4.50. The minimum absolute atomic E-state index is 0.890. The van der Waals surface area contributed by atoms with Gasteiger partial charge in [-0.05, 0) is 36.8 Å². The Morgan fingerprint density at radius 2 is 2.10 bits per heavy atom. The van der Waals surface area contributed by atoms with Crippen molar-refractivity contribution in [3.8, 4) is 5.69 Å². The van der Waals surface area contributed by atoms with Gasteiger partial charge in [0.1, 0.15) is 0 Å². The lowest BCUT2D eigenvalue weighted by atomic mass is 9.81. The van der Waals surface area contributed by atoms with E-state index < -0.39 is 0 Å². The molecule has 0 spiro atoms. The number of hydrogen-bond acceptors (Lipinski definition) is 2. The molecule has 112 valence electrons. The Morgan fingerprint density at radius 3 is 2.90 bits per heavy atom. The van der Waals surface area contributed by atoms with Gasteiger partial charge in [0.05, 0.1) is 0 Å². The smallest absolute Gasteiger partial charge is 0.207 e. The molecule has 3 nitrogen and oxygen atoms in total. The molecule has 1 N–H and O–H groups in total. The second-order valence-electron chi connectivity index (χ2n) is 6.31. The summed E-state index contributed by atoms with van der Waals surface area (Å²) in [7, 11) is 0. The van der Waals surface area contributed by atoms with Crippen molar-refractivity contribution in [2.24, 2.45) is 11.8 Å². The van der Waals surface area contributed by atoms with Gasteiger partial charge in [-0.15, -0.1) is 0 Å². The molecule has 1 fully saturated rings. The van der Waals surface area contributed by atoms with Gasteiger partial charge in [-0.3, -0.25) is 4.57 Å². The number of aromatic nitrogens is 2. The highest BCUT2D eigenvalue weighted by Gasteiger charge is 2.18. The Labute approximate surface area is 127 Å². The Kier molecular flexibility index (Phi) is 4.59. The van der Waals surface area contributed by atoms with E-state index >= 15 is 0 Å². The predicted molar refractivity (Wildman–Crippen MR) is 87.8 cm³/mol. The molecule has 0 saturated heterocycles. The standard InChI is InChI=1S/C18H25N3/c1-15-6-5-7-16(14-15)10-11-19-18-20-12-13-21(18)17-8-3-2-4-9-17/h2-4,8-9,12-13,15-16H,5-7,10-11,14H2,1H3,(H,19,20). The van der Waals surface area contributed by atoms with Crippen molar-refractivity contribution in [2.75, 3.05) is 11.9 Å². The minimum atomic E-state index is 0.890. The number of benzene rings is 1. The highest BCUT2D eigenvalue weighted by atomic mass is 15.2. The molecule has 3 rings (SSSR count). The molecule has 2 unspecified atom stereocenters. The van der Waals surface area contributed by atoms with Crippen LogP contribution in [0.15, 0.2) is 42.7 Å². The van der Waals surface area contributed by atoms with Gasteiger partial charge in [0.25, 0.3) is 0 Å². The van der Waals surface area contributed by atoms with Crippen molar-refractivity contribution in [2.45, 2.75) is 39.0 Å². The van der Waals surface area contributed by atoms with Crippen LogP contribution in [0.2, 0.25) is 0 Å². The molecule has 0 aliphatic heterocycles. The molecule has 1 aromatic carbocycles. The van der Waals surface area contributed by atoms with Gasteiger partial charge in [-0.1, -0.05) is 44.4 Å². The fourth-order valence-electron chi connectivity index (χ4n) is 3.44. The quantitative estimate of drug-likeness (QED) is 0.875. The fourth-order valence-corrected chi connectivity index (χ4v) is 3.44. The molecule has 1 aliphatic rings. The molecule has 1 saturated carbocycles. The van der Waals surface area contributed by atoms with Crippen LogP contribution in [0.3, 0.4) is 0 Å². The molecule has 21 heavy (non-hydrogen) atoms. The highest BCUT2D eigenvalue weighted by Crippen LogP contribution is 2.30. The van der Waals surface area contributed by atoms with Crippen LogP contribution in [0.1, 0.15) is 39.0 Å². The van der Waals surface area contributed by atoms with Crippen LogP contribution in [0.25, 0.3) is 5.69 Å². The maximum Gasteiger partial charge on any atom is 0.207 e. The van der Waals surface area contributed by atoms with E-state index in [1.165, 1.54) is 32.1 Å². The Balaban J connectivity index is 1.55. The summed E-state index contributed by atoms with van der Waals surface area (Å²) in [6, 6.07) is 10.4. The molecule has 0 bridgehead atoms. The van der Waals surface area contributed by atoms with Crippen LogP contribution in [0.4, 0.5) is 5.95 Å². The number of rotatable bonds is 5. The summed E-state index contributed by atoms with van der Waals surface area (Å²) in [4.78, 5) is 4.44. The van der Waals surface area contributed by atoms with Crippen molar-refractivity contribution >= 4 is 5.95 Å². The number of nitrogens with zero attached hydrogens (tertiary/aromatic N) is 2. The Hall–Kier alpha value is -1.77. The van der Waals surface area contributed by atoms with Crippen LogP contribution in [-0.4, -0.2) is 16.1 Å². The van der Waals surface area contributed by atoms with Crippen molar-refractivity contribution in [1.82, 2.24) is 9.55 Å². The first-order valence-electron chi connectivity index (χ1n) is 8.15. The number of nitrogens with one attached hydrogen (secondary N) is 1. The van der Waals surface area contributed by atoms with Gasteiger partial charge < -0.3 is 5.32 Å². The average Bonchev–Trinajstić information content (AvgIpc) is 2.97. The summed E-state index contributed by atoms with van der Waals surface area (Å²) in [5, 5.41) is 3.51. The average molecular weight is 283 g/mol. The maximum atomic E-state index is 4.44. The lowest BCUT2D eigenvalue weighted by molar-refractivity contribution is 0.274. The lowest BCUT2D eigenvalue weighted by Crippen LogP contribution is -2.17. The number of hydrogen-bond donors (Lipinski definition) is 1. The van der Waals surface area contributed by atoms with E-state index in [-0.39, 0.29) is 0 Å². The van der Waals surface area contributed by atoms with E-state index in [2.05, 4.69) is 46.1 Å². The van der Waals surface area contributed by atoms with E-state index in [9.17, 15) is 0 Å². The minimum Gasteiger partial charge on any atom is -0.355 e. The van der Waals surface area contributed by atoms with Crippen LogP contribution < -0.4 is 5.32 Å². The third kappa shape index (κ3) is 3.66. The third-order valence-electron chi connectivity index (χ3n) is 4.56. The van der Waals surface area contributed by atoms with Gasteiger partial charge in [0, 0.05) is 24.6 Å². The molecular weight excluding hydrogens is 258 g/mol. The topological polar surface area (TPSA) is 29.9 Å². The summed E-state index contributed by atoms with van der Waals surface area (Å²) >= 11 is 0. The fraction of sp³-hybridized carbons (Fsp3) is 0.500. The molecule has 2 atom stereocenters. The van der Waals surface area contributed by atoms with Crippen molar-refractivity contribution in [3.63, 3.8) is 0 Å². The van der Waals surface area contributed by atoms with Crippen LogP contribution in [0.5, 0.6) is 0 Å². The summed E-state index contributed by atoms with van der Waals surface area (Å²) < 4.78 is 2.11. The first-order valence-corrected chi connectivity index (χ1v) is 8.15. The normalized spacial score (nSPS) is 22.1. The highest BCUT2D eigenvalue weighted by molar-refractivity contribution is 5.41. The van der Waals surface area contributed by atoms with E-state index in [0.29, 0.717) is 0 Å². The second-order valence-corrected chi connectivity index (χ2v) is 6.31. The molecule has 0 amide bonds. The summed E-state index contributed by atoms with van der Waals surface area (Å²) in [5.74, 6) is 2.75. The largest absolute Gasteiger partial charge is 0.355 e. The zero-order valence-corrected chi connectivity index (χ0v) is 12.8. The monoisotopic (exact) mass is 283 g/mol. The molecule has 1 aromatic heterocycles. The van der Waals surface area contributed by atoms with E-state index in [1.54, 1.807) is 0 Å². The molecule has 0 radical (unpaired) electrons. The number of para-hydroxylation sites is 1. The molecule has 1 heterocycles. The summed E-state index contributed by atoms with van der Waals surface area (Å²) in [6.45, 7) is 3.41.